The van der Waals surface area contributed by atoms with Crippen LogP contribution in [0.25, 0.3) is 0 Å². The van der Waals surface area contributed by atoms with Gasteiger partial charge in [-0.3, -0.25) is 0 Å². The topological polar surface area (TPSA) is 70.6 Å². The summed E-state index contributed by atoms with van der Waals surface area (Å²) in [6, 6.07) is 6.61. The highest BCUT2D eigenvalue weighted by molar-refractivity contribution is 5.85. The largest absolute Gasteiger partial charge is 0.409 e. The Hall–Kier alpha value is -1.62. The summed E-state index contributed by atoms with van der Waals surface area (Å²) in [7, 11) is 0. The highest BCUT2D eigenvalue weighted by Gasteiger charge is 2.22. The molecule has 118 valence electrons. The highest BCUT2D eigenvalue weighted by Crippen LogP contribution is 2.23. The van der Waals surface area contributed by atoms with Crippen LogP contribution in [0.4, 0.5) is 4.39 Å². The number of nitrogens with zero attached hydrogens (tertiary/aromatic N) is 1. The second-order valence-electron chi connectivity index (χ2n) is 5.95. The molecule has 0 aliphatic carbocycles. The van der Waals surface area contributed by atoms with Gasteiger partial charge in [0.1, 0.15) is 11.7 Å². The first-order valence-electron chi connectivity index (χ1n) is 7.39. The summed E-state index contributed by atoms with van der Waals surface area (Å²) in [4.78, 5) is 0. The number of hydrogen-bond acceptors (Lipinski definition) is 3. The molecule has 0 fully saturated rings. The van der Waals surface area contributed by atoms with Gasteiger partial charge in [-0.1, -0.05) is 37.6 Å². The van der Waals surface area contributed by atoms with E-state index in [1.807, 2.05) is 26.0 Å². The lowest BCUT2D eigenvalue weighted by molar-refractivity contribution is 0.304. The van der Waals surface area contributed by atoms with Gasteiger partial charge in [0, 0.05) is 5.41 Å². The molecule has 0 amide bonds. The van der Waals surface area contributed by atoms with Gasteiger partial charge in [0.15, 0.2) is 0 Å². The predicted octanol–water partition coefficient (Wildman–Crippen LogP) is 2.90. The first kappa shape index (κ1) is 17.4. The van der Waals surface area contributed by atoms with Gasteiger partial charge in [-0.05, 0) is 50.0 Å². The fraction of sp³-hybridized carbons (Fsp3) is 0.562. The lowest BCUT2D eigenvalue weighted by Gasteiger charge is -2.22. The molecule has 0 radical (unpaired) electrons. The molecule has 5 heteroatoms. The molecule has 1 aromatic carbocycles. The molecule has 21 heavy (non-hydrogen) atoms. The number of oxime groups is 1. The van der Waals surface area contributed by atoms with E-state index in [1.54, 1.807) is 0 Å². The van der Waals surface area contributed by atoms with E-state index in [9.17, 15) is 4.39 Å². The van der Waals surface area contributed by atoms with Gasteiger partial charge >= 0.3 is 0 Å². The van der Waals surface area contributed by atoms with E-state index in [1.165, 1.54) is 12.1 Å². The van der Waals surface area contributed by atoms with E-state index in [0.717, 1.165) is 44.3 Å². The number of halogens is 1. The lowest BCUT2D eigenvalue weighted by atomic mass is 9.86. The van der Waals surface area contributed by atoms with Gasteiger partial charge in [0.2, 0.25) is 0 Å². The van der Waals surface area contributed by atoms with Crippen LogP contribution in [-0.4, -0.2) is 24.1 Å². The molecule has 0 spiro atoms. The summed E-state index contributed by atoms with van der Waals surface area (Å²) in [6.45, 7) is 5.77. The van der Waals surface area contributed by atoms with Crippen molar-refractivity contribution in [3.8, 4) is 0 Å². The monoisotopic (exact) mass is 295 g/mol. The zero-order valence-electron chi connectivity index (χ0n) is 12.9. The Labute approximate surface area is 126 Å². The van der Waals surface area contributed by atoms with Gasteiger partial charge in [-0.2, -0.15) is 0 Å². The standard InChI is InChI=1S/C16H26FN3O/c1-16(2,15(18)20-21)10-3-4-11-19-12-9-13-5-7-14(17)8-6-13/h5-8,19,21H,3-4,9-12H2,1-2H3,(H2,18,20). The van der Waals surface area contributed by atoms with Gasteiger partial charge < -0.3 is 16.3 Å². The number of amidine groups is 1. The second kappa shape index (κ2) is 8.62. The maximum absolute atomic E-state index is 12.7. The van der Waals surface area contributed by atoms with Gasteiger partial charge in [0.05, 0.1) is 0 Å². The van der Waals surface area contributed by atoms with Crippen LogP contribution in [0.1, 0.15) is 38.7 Å². The van der Waals surface area contributed by atoms with Gasteiger partial charge in [-0.25, -0.2) is 4.39 Å². The second-order valence-corrected chi connectivity index (χ2v) is 5.95. The summed E-state index contributed by atoms with van der Waals surface area (Å²) in [5.41, 5.74) is 6.52. The number of nitrogens with one attached hydrogen (secondary N) is 1. The average molecular weight is 295 g/mol. The fourth-order valence-corrected chi connectivity index (χ4v) is 2.09. The van der Waals surface area contributed by atoms with Crippen LogP contribution in [0.3, 0.4) is 0 Å². The van der Waals surface area contributed by atoms with Gasteiger partial charge in [-0.15, -0.1) is 0 Å². The number of nitrogens with two attached hydrogens (primary N) is 1. The van der Waals surface area contributed by atoms with Crippen molar-refractivity contribution in [3.63, 3.8) is 0 Å². The van der Waals surface area contributed by atoms with E-state index in [-0.39, 0.29) is 17.1 Å². The molecular weight excluding hydrogens is 269 g/mol. The first-order chi connectivity index (χ1) is 9.95. The van der Waals surface area contributed by atoms with Crippen molar-refractivity contribution in [1.29, 1.82) is 0 Å². The third-order valence-electron chi connectivity index (χ3n) is 3.71. The molecule has 0 unspecified atom stereocenters. The smallest absolute Gasteiger partial charge is 0.144 e. The van der Waals surface area contributed by atoms with Crippen LogP contribution >= 0.6 is 0 Å². The third-order valence-corrected chi connectivity index (χ3v) is 3.71. The Morgan fingerprint density at radius 2 is 1.90 bits per heavy atom. The van der Waals surface area contributed by atoms with E-state index in [4.69, 9.17) is 10.9 Å². The fourth-order valence-electron chi connectivity index (χ4n) is 2.09. The Kier molecular flexibility index (Phi) is 7.15. The molecule has 0 bridgehead atoms. The Bertz CT molecular complexity index is 443. The molecule has 0 aromatic heterocycles. The quantitative estimate of drug-likeness (QED) is 0.216. The summed E-state index contributed by atoms with van der Waals surface area (Å²) < 4.78 is 12.7. The van der Waals surface area contributed by atoms with E-state index in [0.29, 0.717) is 0 Å². The number of rotatable bonds is 9. The summed E-state index contributed by atoms with van der Waals surface area (Å²) in [5, 5.41) is 15.1. The Morgan fingerprint density at radius 1 is 1.24 bits per heavy atom. The summed E-state index contributed by atoms with van der Waals surface area (Å²) in [6.07, 6.45) is 3.86. The van der Waals surface area contributed by atoms with Crippen LogP contribution in [0.2, 0.25) is 0 Å². The van der Waals surface area contributed by atoms with Crippen molar-refractivity contribution in [2.24, 2.45) is 16.3 Å². The molecule has 0 heterocycles. The number of benzene rings is 1. The van der Waals surface area contributed by atoms with Crippen molar-refractivity contribution in [3.05, 3.63) is 35.6 Å². The number of hydrogen-bond donors (Lipinski definition) is 3. The van der Waals surface area contributed by atoms with Crippen LogP contribution in [-0.2, 0) is 6.42 Å². The van der Waals surface area contributed by atoms with Crippen LogP contribution in [0, 0.1) is 11.2 Å². The maximum atomic E-state index is 12.7. The van der Waals surface area contributed by atoms with Crippen molar-refractivity contribution in [1.82, 2.24) is 5.32 Å². The minimum Gasteiger partial charge on any atom is -0.409 e. The number of unbranched alkanes of at least 4 members (excludes halogenated alkanes) is 1. The third kappa shape index (κ3) is 6.58. The Morgan fingerprint density at radius 3 is 2.52 bits per heavy atom. The molecule has 0 aliphatic heterocycles. The maximum Gasteiger partial charge on any atom is 0.144 e. The van der Waals surface area contributed by atoms with E-state index < -0.39 is 0 Å². The van der Waals surface area contributed by atoms with Crippen LogP contribution in [0.5, 0.6) is 0 Å². The zero-order valence-corrected chi connectivity index (χ0v) is 12.9. The van der Waals surface area contributed by atoms with Crippen molar-refractivity contribution < 1.29 is 9.60 Å². The van der Waals surface area contributed by atoms with Crippen molar-refractivity contribution >= 4 is 5.84 Å². The van der Waals surface area contributed by atoms with Gasteiger partial charge in [0.25, 0.3) is 0 Å². The summed E-state index contributed by atoms with van der Waals surface area (Å²) in [5.74, 6) is 0.0896. The Balaban J connectivity index is 2.09. The minimum atomic E-state index is -0.261. The predicted molar refractivity (Wildman–Crippen MR) is 84.0 cm³/mol. The lowest BCUT2D eigenvalue weighted by Crippen LogP contribution is -2.32. The van der Waals surface area contributed by atoms with Crippen molar-refractivity contribution in [2.75, 3.05) is 13.1 Å². The molecule has 0 aliphatic rings. The van der Waals surface area contributed by atoms with E-state index >= 15 is 0 Å². The molecule has 0 saturated carbocycles. The normalized spacial score (nSPS) is 12.6. The van der Waals surface area contributed by atoms with E-state index in [2.05, 4.69) is 10.5 Å². The van der Waals surface area contributed by atoms with Crippen LogP contribution < -0.4 is 11.1 Å². The SMILES string of the molecule is CC(C)(CCCCNCCc1ccc(F)cc1)/C(N)=N/O. The van der Waals surface area contributed by atoms with Crippen molar-refractivity contribution in [2.45, 2.75) is 39.5 Å². The molecule has 1 rings (SSSR count). The highest BCUT2D eigenvalue weighted by atomic mass is 19.1. The molecule has 0 saturated heterocycles. The molecule has 0 atom stereocenters. The average Bonchev–Trinajstić information content (AvgIpc) is 2.47. The molecule has 4 nitrogen and oxygen atoms in total. The summed E-state index contributed by atoms with van der Waals surface area (Å²) >= 11 is 0. The zero-order chi connectivity index (χ0) is 15.7. The first-order valence-corrected chi connectivity index (χ1v) is 7.39. The molecular formula is C16H26FN3O. The minimum absolute atomic E-state index is 0.194. The molecule has 4 N–H and O–H groups in total. The molecule has 1 aromatic rings. The van der Waals surface area contributed by atoms with Crippen LogP contribution in [0.15, 0.2) is 29.4 Å².